The second kappa shape index (κ2) is 3.24. The molecule has 0 saturated heterocycles. The number of fused-ring (bicyclic) bond motifs is 1. The molecular formula is C13H18O2. The van der Waals surface area contributed by atoms with Crippen molar-refractivity contribution >= 4 is 0 Å². The molecule has 1 heterocycles. The second-order valence-corrected chi connectivity index (χ2v) is 5.25. The Morgan fingerprint density at radius 3 is 2.60 bits per heavy atom. The molecule has 1 unspecified atom stereocenters. The molecule has 1 atom stereocenters. The molecule has 1 aromatic carbocycles. The first-order valence-electron chi connectivity index (χ1n) is 5.36. The van der Waals surface area contributed by atoms with Crippen molar-refractivity contribution in [2.24, 2.45) is 0 Å². The largest absolute Gasteiger partial charge is 0.490 e. The summed E-state index contributed by atoms with van der Waals surface area (Å²) in [6, 6.07) is 4.17. The Morgan fingerprint density at radius 2 is 2.00 bits per heavy atom. The van der Waals surface area contributed by atoms with Gasteiger partial charge in [0, 0.05) is 5.56 Å². The Kier molecular flexibility index (Phi) is 2.27. The Balaban J connectivity index is 2.63. The van der Waals surface area contributed by atoms with Gasteiger partial charge in [-0.05, 0) is 23.5 Å². The van der Waals surface area contributed by atoms with Gasteiger partial charge in [-0.15, -0.1) is 0 Å². The third-order valence-corrected chi connectivity index (χ3v) is 2.94. The van der Waals surface area contributed by atoms with Gasteiger partial charge in [0.1, 0.15) is 18.5 Å². The molecule has 0 amide bonds. The third kappa shape index (κ3) is 1.63. The Labute approximate surface area is 90.9 Å². The Hall–Kier alpha value is -1.02. The van der Waals surface area contributed by atoms with Gasteiger partial charge in [0.15, 0.2) is 0 Å². The lowest BCUT2D eigenvalue weighted by Crippen LogP contribution is -2.12. The first-order valence-corrected chi connectivity index (χ1v) is 5.36. The van der Waals surface area contributed by atoms with Gasteiger partial charge >= 0.3 is 0 Å². The van der Waals surface area contributed by atoms with E-state index in [2.05, 4.69) is 32.9 Å². The molecule has 1 aliphatic rings. The molecule has 2 nitrogen and oxygen atoms in total. The highest BCUT2D eigenvalue weighted by Gasteiger charge is 2.30. The number of aryl methyl sites for hydroxylation is 1. The highest BCUT2D eigenvalue weighted by atomic mass is 16.5. The maximum absolute atomic E-state index is 9.83. The standard InChI is InChI=1S/C13H18O2/c1-8-5-6-9(13(2,3)4)12-11(8)10(14)7-15-12/h5-6,10,14H,7H2,1-4H3. The summed E-state index contributed by atoms with van der Waals surface area (Å²) in [4.78, 5) is 0. The molecule has 15 heavy (non-hydrogen) atoms. The fourth-order valence-electron chi connectivity index (χ4n) is 2.10. The average Bonchev–Trinajstić information content (AvgIpc) is 2.47. The highest BCUT2D eigenvalue weighted by Crippen LogP contribution is 2.42. The van der Waals surface area contributed by atoms with Crippen molar-refractivity contribution in [1.29, 1.82) is 0 Å². The van der Waals surface area contributed by atoms with Crippen molar-refractivity contribution in [2.45, 2.75) is 39.2 Å². The van der Waals surface area contributed by atoms with Crippen LogP contribution in [0.1, 0.15) is 43.6 Å². The summed E-state index contributed by atoms with van der Waals surface area (Å²) in [6.07, 6.45) is -0.456. The highest BCUT2D eigenvalue weighted by molar-refractivity contribution is 5.52. The summed E-state index contributed by atoms with van der Waals surface area (Å²) >= 11 is 0. The van der Waals surface area contributed by atoms with Gasteiger partial charge in [0.2, 0.25) is 0 Å². The molecule has 0 radical (unpaired) electrons. The molecule has 0 saturated carbocycles. The molecule has 0 spiro atoms. The minimum Gasteiger partial charge on any atom is -0.490 e. The summed E-state index contributed by atoms with van der Waals surface area (Å²) in [7, 11) is 0. The van der Waals surface area contributed by atoms with Crippen LogP contribution in [0.5, 0.6) is 5.75 Å². The number of ether oxygens (including phenoxy) is 1. The monoisotopic (exact) mass is 206 g/mol. The normalized spacial score (nSPS) is 19.9. The molecule has 0 aliphatic carbocycles. The van der Waals surface area contributed by atoms with Crippen LogP contribution in [0.25, 0.3) is 0 Å². The predicted octanol–water partition coefficient (Wildman–Crippen LogP) is 2.72. The summed E-state index contributed by atoms with van der Waals surface area (Å²) < 4.78 is 5.60. The van der Waals surface area contributed by atoms with Crippen LogP contribution in [-0.4, -0.2) is 11.7 Å². The van der Waals surface area contributed by atoms with Crippen molar-refractivity contribution in [3.05, 3.63) is 28.8 Å². The van der Waals surface area contributed by atoms with E-state index in [1.807, 2.05) is 6.92 Å². The molecule has 0 fully saturated rings. The average molecular weight is 206 g/mol. The molecule has 2 heteroatoms. The summed E-state index contributed by atoms with van der Waals surface area (Å²) in [5.74, 6) is 0.898. The van der Waals surface area contributed by atoms with Gasteiger partial charge < -0.3 is 9.84 Å². The topological polar surface area (TPSA) is 29.5 Å². The van der Waals surface area contributed by atoms with E-state index in [1.54, 1.807) is 0 Å². The maximum atomic E-state index is 9.83. The predicted molar refractivity (Wildman–Crippen MR) is 60.3 cm³/mol. The minimum absolute atomic E-state index is 0.0574. The van der Waals surface area contributed by atoms with E-state index in [-0.39, 0.29) is 5.41 Å². The lowest BCUT2D eigenvalue weighted by atomic mass is 9.84. The molecule has 82 valence electrons. The first-order chi connectivity index (χ1) is 6.91. The number of benzene rings is 1. The summed E-state index contributed by atoms with van der Waals surface area (Å²) in [5.41, 5.74) is 3.33. The van der Waals surface area contributed by atoms with Gasteiger partial charge in [0.25, 0.3) is 0 Å². The van der Waals surface area contributed by atoms with E-state index in [0.717, 1.165) is 16.9 Å². The maximum Gasteiger partial charge on any atom is 0.129 e. The number of rotatable bonds is 0. The zero-order chi connectivity index (χ0) is 11.2. The fraction of sp³-hybridized carbons (Fsp3) is 0.538. The molecular weight excluding hydrogens is 188 g/mol. The van der Waals surface area contributed by atoms with E-state index >= 15 is 0 Å². The van der Waals surface area contributed by atoms with Gasteiger partial charge in [-0.2, -0.15) is 0 Å². The van der Waals surface area contributed by atoms with Crippen LogP contribution in [0.15, 0.2) is 12.1 Å². The smallest absolute Gasteiger partial charge is 0.129 e. The zero-order valence-electron chi connectivity index (χ0n) is 9.79. The lowest BCUT2D eigenvalue weighted by Gasteiger charge is -2.22. The zero-order valence-corrected chi connectivity index (χ0v) is 9.79. The van der Waals surface area contributed by atoms with Gasteiger partial charge in [-0.1, -0.05) is 32.9 Å². The number of hydrogen-bond acceptors (Lipinski definition) is 2. The molecule has 0 aromatic heterocycles. The molecule has 1 aromatic rings. The van der Waals surface area contributed by atoms with Crippen molar-refractivity contribution in [2.75, 3.05) is 6.61 Å². The van der Waals surface area contributed by atoms with Crippen molar-refractivity contribution < 1.29 is 9.84 Å². The molecule has 1 aliphatic heterocycles. The Morgan fingerprint density at radius 1 is 1.33 bits per heavy atom. The Bertz CT molecular complexity index is 388. The lowest BCUT2D eigenvalue weighted by molar-refractivity contribution is 0.139. The van der Waals surface area contributed by atoms with Crippen molar-refractivity contribution in [1.82, 2.24) is 0 Å². The third-order valence-electron chi connectivity index (χ3n) is 2.94. The van der Waals surface area contributed by atoms with Crippen LogP contribution in [0, 0.1) is 6.92 Å². The number of aliphatic hydroxyl groups is 1. The van der Waals surface area contributed by atoms with Crippen molar-refractivity contribution in [3.8, 4) is 5.75 Å². The van der Waals surface area contributed by atoms with Crippen molar-refractivity contribution in [3.63, 3.8) is 0 Å². The van der Waals surface area contributed by atoms with Gasteiger partial charge in [-0.3, -0.25) is 0 Å². The van der Waals surface area contributed by atoms with Crippen LogP contribution in [0.2, 0.25) is 0 Å². The van der Waals surface area contributed by atoms with Crippen LogP contribution in [0.3, 0.4) is 0 Å². The van der Waals surface area contributed by atoms with E-state index in [4.69, 9.17) is 4.74 Å². The second-order valence-electron chi connectivity index (χ2n) is 5.25. The molecule has 2 rings (SSSR count). The van der Waals surface area contributed by atoms with E-state index < -0.39 is 6.10 Å². The van der Waals surface area contributed by atoms with E-state index in [1.165, 1.54) is 5.56 Å². The van der Waals surface area contributed by atoms with E-state index in [0.29, 0.717) is 6.61 Å². The van der Waals surface area contributed by atoms with Crippen LogP contribution in [-0.2, 0) is 5.41 Å². The quantitative estimate of drug-likeness (QED) is 0.707. The number of aliphatic hydroxyl groups excluding tert-OH is 1. The number of hydrogen-bond donors (Lipinski definition) is 1. The molecule has 0 bridgehead atoms. The van der Waals surface area contributed by atoms with Crippen LogP contribution in [0.4, 0.5) is 0 Å². The summed E-state index contributed by atoms with van der Waals surface area (Å²) in [5, 5.41) is 9.83. The summed E-state index contributed by atoms with van der Waals surface area (Å²) in [6.45, 7) is 8.89. The fourth-order valence-corrected chi connectivity index (χ4v) is 2.10. The minimum atomic E-state index is -0.456. The van der Waals surface area contributed by atoms with Gasteiger partial charge in [0.05, 0.1) is 0 Å². The van der Waals surface area contributed by atoms with E-state index in [9.17, 15) is 5.11 Å². The van der Waals surface area contributed by atoms with Gasteiger partial charge in [-0.25, -0.2) is 0 Å². The molecule has 1 N–H and O–H groups in total. The first kappa shape index (κ1) is 10.5. The van der Waals surface area contributed by atoms with Crippen LogP contribution >= 0.6 is 0 Å². The SMILES string of the molecule is Cc1ccc(C(C)(C)C)c2c1C(O)CO2. The van der Waals surface area contributed by atoms with Crippen LogP contribution < -0.4 is 4.74 Å².